The van der Waals surface area contributed by atoms with Crippen LogP contribution in [0, 0.1) is 13.8 Å². The van der Waals surface area contributed by atoms with Gasteiger partial charge in [0.2, 0.25) is 35.4 Å². The van der Waals surface area contributed by atoms with Gasteiger partial charge in [0, 0.05) is 61.3 Å². The summed E-state index contributed by atoms with van der Waals surface area (Å²) < 4.78 is 0. The number of hydrogen-bond acceptors (Lipinski definition) is 14. The third kappa shape index (κ3) is 16.5. The van der Waals surface area contributed by atoms with E-state index in [9.17, 15) is 28.8 Å². The molecule has 4 heterocycles. The van der Waals surface area contributed by atoms with Gasteiger partial charge in [0.1, 0.15) is 36.3 Å². The zero-order valence-electron chi connectivity index (χ0n) is 47.4. The molecule has 8 rings (SSSR count). The first-order valence-corrected chi connectivity index (χ1v) is 31.1. The van der Waals surface area contributed by atoms with Crippen molar-refractivity contribution in [1.29, 1.82) is 0 Å². The molecule has 2 saturated heterocycles. The summed E-state index contributed by atoms with van der Waals surface area (Å²) in [4.78, 5) is 127. The van der Waals surface area contributed by atoms with Crippen molar-refractivity contribution in [2.45, 2.75) is 101 Å². The van der Waals surface area contributed by atoms with Gasteiger partial charge in [-0.3, -0.25) is 48.3 Å². The van der Waals surface area contributed by atoms with Crippen LogP contribution in [0.1, 0.15) is 81.8 Å². The maximum Gasteiger partial charge on any atom is 0.253 e. The number of likely N-dealkylation sites (tertiary alicyclic amines) is 2. The van der Waals surface area contributed by atoms with Gasteiger partial charge in [-0.05, 0) is 101 Å². The molecule has 0 spiro atoms. The van der Waals surface area contributed by atoms with Crippen molar-refractivity contribution in [3.05, 3.63) is 155 Å². The van der Waals surface area contributed by atoms with E-state index in [0.717, 1.165) is 21.9 Å². The number of carbonyl (C=O) groups excluding carboxylic acids is 8. The topological polar surface area (TPSA) is 293 Å². The highest BCUT2D eigenvalue weighted by atomic mass is 33.1. The van der Waals surface area contributed by atoms with Crippen LogP contribution in [0.5, 0.6) is 0 Å². The van der Waals surface area contributed by atoms with Crippen molar-refractivity contribution in [2.24, 2.45) is 11.5 Å². The zero-order chi connectivity index (χ0) is 59.5. The summed E-state index contributed by atoms with van der Waals surface area (Å²) in [7, 11) is 2.36. The molecule has 4 aromatic carbocycles. The number of amides is 8. The number of hydrogen-bond donors (Lipinski definition) is 8. The normalized spacial score (nSPS) is 16.3. The summed E-state index contributed by atoms with van der Waals surface area (Å²) >= 11 is 0. The standard InChI is InChI=1S/C62H74N12O8S2/c1-39-45(35-43-21-9-11-23-47(43)67-39)55(75)71-51(61(81)73-31-13-25-53(73)59(79)69-49(57(77)65-29-15-27-63)33-41-17-5-3-6-18-41)37-83-84-38-52(72-56(76)46-36-44-22-10-12-24-48(44)68-40(46)2)62(82)74-32-14-26-54(74)60(80)70-50(58(78)66-30-16-28-64)34-42-19-7-4-8-20-42/h3-12,17-24,35-36,49-54H,13-16,25-34,37-38,63-64H2,1-2H3,(H,65,77)(H,66,78)(H,69,79)(H,70,80)(H,71,75)(H,72,76)/t49-,50-,51-,52-,53-,54-/m0/s1. The number of benzene rings is 4. The highest BCUT2D eigenvalue weighted by Crippen LogP contribution is 2.29. The van der Waals surface area contributed by atoms with Crippen molar-refractivity contribution in [3.8, 4) is 0 Å². The number of para-hydroxylation sites is 2. The Bertz CT molecular complexity index is 3090. The van der Waals surface area contributed by atoms with Crippen LogP contribution in [0.3, 0.4) is 0 Å². The fourth-order valence-corrected chi connectivity index (χ4v) is 12.8. The van der Waals surface area contributed by atoms with E-state index >= 15 is 9.59 Å². The van der Waals surface area contributed by atoms with Crippen LogP contribution < -0.4 is 43.4 Å². The molecule has 8 amide bonds. The Morgan fingerprint density at radius 1 is 0.524 bits per heavy atom. The Hall–Kier alpha value is -7.92. The predicted octanol–water partition coefficient (Wildman–Crippen LogP) is 4.05. The van der Waals surface area contributed by atoms with Gasteiger partial charge < -0.3 is 53.2 Å². The van der Waals surface area contributed by atoms with Gasteiger partial charge in [0.15, 0.2) is 0 Å². The summed E-state index contributed by atoms with van der Waals surface area (Å²) in [5, 5.41) is 18.9. The highest BCUT2D eigenvalue weighted by molar-refractivity contribution is 8.76. The van der Waals surface area contributed by atoms with E-state index in [1.807, 2.05) is 109 Å². The summed E-state index contributed by atoms with van der Waals surface area (Å²) in [5.74, 6) is -4.10. The second-order valence-electron chi connectivity index (χ2n) is 21.0. The van der Waals surface area contributed by atoms with Gasteiger partial charge in [0.25, 0.3) is 11.8 Å². The van der Waals surface area contributed by atoms with Crippen molar-refractivity contribution >= 4 is 90.7 Å². The van der Waals surface area contributed by atoms with Crippen LogP contribution in [0.4, 0.5) is 0 Å². The molecular weight excluding hydrogens is 1100 g/mol. The summed E-state index contributed by atoms with van der Waals surface area (Å²) in [6, 6.07) is 30.4. The number of rotatable bonds is 27. The van der Waals surface area contributed by atoms with Gasteiger partial charge in [-0.15, -0.1) is 0 Å². The van der Waals surface area contributed by atoms with Gasteiger partial charge in [-0.25, -0.2) is 0 Å². The number of nitrogens with one attached hydrogen (secondary N) is 6. The van der Waals surface area contributed by atoms with Crippen LogP contribution in [0.15, 0.2) is 121 Å². The SMILES string of the molecule is Cc1nc2ccccc2cc1C(=O)N[C@@H](CSSC[C@H](NC(=O)c1cc2ccccc2nc1C)C(=O)N1CCC[C@H]1C(=O)N[C@@H](Cc1ccccc1)C(=O)NCCCN)C(=O)N1CCC[C@H]1C(=O)N[C@@H](Cc1ccccc1)C(=O)NCCCN. The lowest BCUT2D eigenvalue weighted by atomic mass is 10.0. The molecule has 2 aromatic heterocycles. The Morgan fingerprint density at radius 2 is 0.905 bits per heavy atom. The molecule has 0 bridgehead atoms. The molecule has 2 aliphatic rings. The van der Waals surface area contributed by atoms with Crippen LogP contribution in [-0.2, 0) is 41.6 Å². The minimum Gasteiger partial charge on any atom is -0.354 e. The van der Waals surface area contributed by atoms with Crippen molar-refractivity contribution in [1.82, 2.24) is 51.7 Å². The minimum atomic E-state index is -1.22. The predicted molar refractivity (Wildman–Crippen MR) is 327 cm³/mol. The smallest absolute Gasteiger partial charge is 0.253 e. The zero-order valence-corrected chi connectivity index (χ0v) is 49.0. The Morgan fingerprint density at radius 3 is 1.30 bits per heavy atom. The monoisotopic (exact) mass is 1180 g/mol. The molecule has 6 aromatic rings. The van der Waals surface area contributed by atoms with Gasteiger partial charge in [0.05, 0.1) is 33.5 Å². The number of nitrogens with two attached hydrogens (primary N) is 2. The molecule has 10 N–H and O–H groups in total. The average Bonchev–Trinajstić information content (AvgIpc) is 4.31. The number of fused-ring (bicyclic) bond motifs is 2. The molecule has 2 aliphatic heterocycles. The quantitative estimate of drug-likeness (QED) is 0.0267. The molecule has 84 heavy (non-hydrogen) atoms. The van der Waals surface area contributed by atoms with Gasteiger partial charge >= 0.3 is 0 Å². The molecule has 6 atom stereocenters. The summed E-state index contributed by atoms with van der Waals surface area (Å²) in [6.45, 7) is 5.20. The van der Waals surface area contributed by atoms with Gasteiger partial charge in [-0.1, -0.05) is 119 Å². The molecule has 22 heteroatoms. The lowest BCUT2D eigenvalue weighted by molar-refractivity contribution is -0.140. The third-order valence-corrected chi connectivity index (χ3v) is 17.4. The number of aromatic nitrogens is 2. The average molecular weight is 1180 g/mol. The first-order valence-electron chi connectivity index (χ1n) is 28.6. The molecule has 442 valence electrons. The fourth-order valence-electron chi connectivity index (χ4n) is 10.5. The molecule has 0 unspecified atom stereocenters. The first-order chi connectivity index (χ1) is 40.7. The van der Waals surface area contributed by atoms with Crippen LogP contribution in [-0.4, -0.2) is 154 Å². The molecular formula is C62H74N12O8S2. The maximum atomic E-state index is 15.0. The molecule has 0 saturated carbocycles. The molecule has 20 nitrogen and oxygen atoms in total. The molecule has 2 fully saturated rings. The Balaban J connectivity index is 1.03. The minimum absolute atomic E-state index is 0.0478. The van der Waals surface area contributed by atoms with Crippen LogP contribution >= 0.6 is 21.6 Å². The fraction of sp³-hybridized carbons (Fsp3) is 0.387. The second kappa shape index (κ2) is 30.6. The lowest BCUT2D eigenvalue weighted by Crippen LogP contribution is -2.57. The van der Waals surface area contributed by atoms with E-state index in [1.54, 1.807) is 26.0 Å². The molecule has 0 aliphatic carbocycles. The summed E-state index contributed by atoms with van der Waals surface area (Å²) in [5.41, 5.74) is 15.8. The lowest BCUT2D eigenvalue weighted by Gasteiger charge is -2.30. The number of aryl methyl sites for hydroxylation is 2. The van der Waals surface area contributed by atoms with E-state index in [1.165, 1.54) is 31.4 Å². The van der Waals surface area contributed by atoms with Gasteiger partial charge in [-0.2, -0.15) is 0 Å². The van der Waals surface area contributed by atoms with Crippen molar-refractivity contribution in [3.63, 3.8) is 0 Å². The Kier molecular flexibility index (Phi) is 22.6. The largest absolute Gasteiger partial charge is 0.354 e. The third-order valence-electron chi connectivity index (χ3n) is 14.9. The first kappa shape index (κ1) is 62.1. The maximum absolute atomic E-state index is 15.0. The van der Waals surface area contributed by atoms with E-state index in [0.29, 0.717) is 87.1 Å². The van der Waals surface area contributed by atoms with E-state index in [-0.39, 0.29) is 60.4 Å². The summed E-state index contributed by atoms with van der Waals surface area (Å²) in [6.07, 6.45) is 3.06. The molecule has 0 radical (unpaired) electrons. The highest BCUT2D eigenvalue weighted by Gasteiger charge is 2.41. The van der Waals surface area contributed by atoms with Crippen molar-refractivity contribution < 1.29 is 38.4 Å². The van der Waals surface area contributed by atoms with E-state index in [2.05, 4.69) is 41.9 Å². The van der Waals surface area contributed by atoms with E-state index in [4.69, 9.17) is 11.5 Å². The Labute approximate surface area is 497 Å². The number of carbonyl (C=O) groups is 8. The van der Waals surface area contributed by atoms with Crippen molar-refractivity contribution in [2.75, 3.05) is 50.8 Å². The number of pyridine rings is 2. The van der Waals surface area contributed by atoms with E-state index < -0.39 is 71.7 Å². The number of nitrogens with zero attached hydrogens (tertiary/aromatic N) is 4. The van der Waals surface area contributed by atoms with Crippen LogP contribution in [0.25, 0.3) is 21.8 Å². The van der Waals surface area contributed by atoms with Crippen LogP contribution in [0.2, 0.25) is 0 Å². The second-order valence-corrected chi connectivity index (χ2v) is 23.5.